The van der Waals surface area contributed by atoms with Gasteiger partial charge in [0.1, 0.15) is 0 Å². The van der Waals surface area contributed by atoms with Gasteiger partial charge < -0.3 is 10.2 Å². The van der Waals surface area contributed by atoms with Crippen LogP contribution in [-0.2, 0) is 0 Å². The maximum atomic E-state index is 3.55. The highest BCUT2D eigenvalue weighted by Crippen LogP contribution is 2.36. The lowest BCUT2D eigenvalue weighted by molar-refractivity contribution is 0.0722. The van der Waals surface area contributed by atoms with Gasteiger partial charge in [-0.25, -0.2) is 0 Å². The van der Waals surface area contributed by atoms with E-state index in [9.17, 15) is 0 Å². The highest BCUT2D eigenvalue weighted by Gasteiger charge is 2.31. The molecule has 1 N–H and O–H groups in total. The van der Waals surface area contributed by atoms with Crippen molar-refractivity contribution in [2.75, 3.05) is 32.7 Å². The van der Waals surface area contributed by atoms with Crippen LogP contribution in [-0.4, -0.2) is 37.6 Å². The van der Waals surface area contributed by atoms with Crippen LogP contribution in [0.2, 0.25) is 0 Å². The van der Waals surface area contributed by atoms with Crippen LogP contribution >= 0.6 is 0 Å². The Labute approximate surface area is 106 Å². The van der Waals surface area contributed by atoms with Gasteiger partial charge in [-0.3, -0.25) is 0 Å². The molecule has 2 heterocycles. The van der Waals surface area contributed by atoms with E-state index in [1.54, 1.807) is 0 Å². The molecule has 0 radical (unpaired) electrons. The Bertz CT molecular complexity index is 233. The standard InChI is InChI=1S/C15H28N2/c1-2-6-15-12-17(9-7-14(15)5-1)11-13-4-3-8-16-10-13/h13-16H,1-12H2/t13-,14?,15?/m0/s1. The first kappa shape index (κ1) is 12.0. The van der Waals surface area contributed by atoms with E-state index in [1.165, 1.54) is 77.7 Å². The van der Waals surface area contributed by atoms with Crippen molar-refractivity contribution in [3.63, 3.8) is 0 Å². The first-order valence-electron chi connectivity index (χ1n) is 7.85. The van der Waals surface area contributed by atoms with Crippen LogP contribution in [0.4, 0.5) is 0 Å². The van der Waals surface area contributed by atoms with Crippen molar-refractivity contribution in [1.82, 2.24) is 10.2 Å². The Morgan fingerprint density at radius 2 is 1.82 bits per heavy atom. The molecule has 1 aliphatic carbocycles. The highest BCUT2D eigenvalue weighted by molar-refractivity contribution is 4.85. The topological polar surface area (TPSA) is 15.3 Å². The van der Waals surface area contributed by atoms with Crippen molar-refractivity contribution in [2.24, 2.45) is 17.8 Å². The summed E-state index contributed by atoms with van der Waals surface area (Å²) in [4.78, 5) is 2.78. The minimum atomic E-state index is 0.934. The summed E-state index contributed by atoms with van der Waals surface area (Å²) in [6, 6.07) is 0. The van der Waals surface area contributed by atoms with E-state index in [0.29, 0.717) is 0 Å². The van der Waals surface area contributed by atoms with Gasteiger partial charge in [0.2, 0.25) is 0 Å². The van der Waals surface area contributed by atoms with Crippen LogP contribution < -0.4 is 5.32 Å². The summed E-state index contributed by atoms with van der Waals surface area (Å²) in [6.07, 6.45) is 10.4. The van der Waals surface area contributed by atoms with Crippen LogP contribution in [0.25, 0.3) is 0 Å². The van der Waals surface area contributed by atoms with Crippen LogP contribution in [0, 0.1) is 17.8 Å². The summed E-state index contributed by atoms with van der Waals surface area (Å²) in [5, 5.41) is 3.55. The van der Waals surface area contributed by atoms with Crippen LogP contribution in [0.5, 0.6) is 0 Å². The smallest absolute Gasteiger partial charge is 0.00219 e. The summed E-state index contributed by atoms with van der Waals surface area (Å²) < 4.78 is 0. The van der Waals surface area contributed by atoms with E-state index < -0.39 is 0 Å². The van der Waals surface area contributed by atoms with Gasteiger partial charge >= 0.3 is 0 Å². The molecule has 17 heavy (non-hydrogen) atoms. The number of nitrogens with one attached hydrogen (secondary N) is 1. The molecular weight excluding hydrogens is 208 g/mol. The summed E-state index contributed by atoms with van der Waals surface area (Å²) in [5.41, 5.74) is 0. The Kier molecular flexibility index (Phi) is 4.02. The van der Waals surface area contributed by atoms with Crippen molar-refractivity contribution in [1.29, 1.82) is 0 Å². The maximum Gasteiger partial charge on any atom is 0.00219 e. The monoisotopic (exact) mass is 236 g/mol. The van der Waals surface area contributed by atoms with E-state index in [0.717, 1.165) is 17.8 Å². The van der Waals surface area contributed by atoms with Crippen LogP contribution in [0.3, 0.4) is 0 Å². The third-order valence-electron chi connectivity index (χ3n) is 5.29. The van der Waals surface area contributed by atoms with Gasteiger partial charge in [0, 0.05) is 13.1 Å². The third-order valence-corrected chi connectivity index (χ3v) is 5.29. The molecule has 3 rings (SSSR count). The van der Waals surface area contributed by atoms with Crippen LogP contribution in [0.15, 0.2) is 0 Å². The molecule has 3 aliphatic rings. The zero-order valence-electron chi connectivity index (χ0n) is 11.2. The molecule has 0 aromatic rings. The fraction of sp³-hybridized carbons (Fsp3) is 1.00. The van der Waals surface area contributed by atoms with Crippen molar-refractivity contribution in [2.45, 2.75) is 44.9 Å². The molecule has 2 aliphatic heterocycles. The fourth-order valence-corrected chi connectivity index (χ4v) is 4.29. The SMILES string of the molecule is C1CCC2CN(C[C@H]3CCCNC3)CCC2C1. The zero-order chi connectivity index (χ0) is 11.5. The van der Waals surface area contributed by atoms with Crippen molar-refractivity contribution >= 4 is 0 Å². The second-order valence-electron chi connectivity index (χ2n) is 6.57. The second-order valence-corrected chi connectivity index (χ2v) is 6.57. The number of nitrogens with zero attached hydrogens (tertiary/aromatic N) is 1. The highest BCUT2D eigenvalue weighted by atomic mass is 15.1. The zero-order valence-corrected chi connectivity index (χ0v) is 11.2. The summed E-state index contributed by atoms with van der Waals surface area (Å²) >= 11 is 0. The molecule has 1 saturated carbocycles. The second kappa shape index (κ2) is 5.71. The molecule has 0 amide bonds. The van der Waals surface area contributed by atoms with Gasteiger partial charge in [-0.1, -0.05) is 19.3 Å². The minimum absolute atomic E-state index is 0.934. The molecule has 0 aromatic heterocycles. The Hall–Kier alpha value is -0.0800. The van der Waals surface area contributed by atoms with Gasteiger partial charge in [0.05, 0.1) is 0 Å². The summed E-state index contributed by atoms with van der Waals surface area (Å²) in [7, 11) is 0. The Morgan fingerprint density at radius 3 is 2.65 bits per heavy atom. The van der Waals surface area contributed by atoms with Gasteiger partial charge in [0.25, 0.3) is 0 Å². The lowest BCUT2D eigenvalue weighted by Crippen LogP contribution is -2.45. The number of hydrogen-bond donors (Lipinski definition) is 1. The lowest BCUT2D eigenvalue weighted by Gasteiger charge is -2.42. The molecule has 0 bridgehead atoms. The first-order valence-corrected chi connectivity index (χ1v) is 7.85. The number of hydrogen-bond acceptors (Lipinski definition) is 2. The molecule has 2 nitrogen and oxygen atoms in total. The van der Waals surface area contributed by atoms with Crippen molar-refractivity contribution in [3.05, 3.63) is 0 Å². The molecule has 2 heteroatoms. The molecule has 2 saturated heterocycles. The molecule has 98 valence electrons. The van der Waals surface area contributed by atoms with E-state index in [1.807, 2.05) is 0 Å². The molecule has 2 unspecified atom stereocenters. The van der Waals surface area contributed by atoms with Gasteiger partial charge in [0.15, 0.2) is 0 Å². The third kappa shape index (κ3) is 3.03. The van der Waals surface area contributed by atoms with Gasteiger partial charge in [-0.15, -0.1) is 0 Å². The molecular formula is C15H28N2. The largest absolute Gasteiger partial charge is 0.316 e. The van der Waals surface area contributed by atoms with E-state index in [4.69, 9.17) is 0 Å². The number of rotatable bonds is 2. The molecule has 0 spiro atoms. The average Bonchev–Trinajstić information content (AvgIpc) is 2.40. The maximum absolute atomic E-state index is 3.55. The van der Waals surface area contributed by atoms with Gasteiger partial charge in [-0.2, -0.15) is 0 Å². The quantitative estimate of drug-likeness (QED) is 0.792. The predicted molar refractivity (Wildman–Crippen MR) is 72.1 cm³/mol. The van der Waals surface area contributed by atoms with Gasteiger partial charge in [-0.05, 0) is 63.1 Å². The van der Waals surface area contributed by atoms with E-state index in [-0.39, 0.29) is 0 Å². The minimum Gasteiger partial charge on any atom is -0.316 e. The van der Waals surface area contributed by atoms with Crippen LogP contribution in [0.1, 0.15) is 44.9 Å². The first-order chi connectivity index (χ1) is 8.42. The summed E-state index contributed by atoms with van der Waals surface area (Å²) in [5.74, 6) is 3.07. The molecule has 3 fully saturated rings. The number of fused-ring (bicyclic) bond motifs is 1. The van der Waals surface area contributed by atoms with E-state index >= 15 is 0 Å². The summed E-state index contributed by atoms with van der Waals surface area (Å²) in [6.45, 7) is 6.70. The van der Waals surface area contributed by atoms with Crippen molar-refractivity contribution < 1.29 is 0 Å². The fourth-order valence-electron chi connectivity index (χ4n) is 4.29. The molecule has 0 aromatic carbocycles. The Morgan fingerprint density at radius 1 is 0.941 bits per heavy atom. The average molecular weight is 236 g/mol. The lowest BCUT2D eigenvalue weighted by atomic mass is 9.75. The number of piperidine rings is 2. The van der Waals surface area contributed by atoms with Crippen molar-refractivity contribution in [3.8, 4) is 0 Å². The van der Waals surface area contributed by atoms with E-state index in [2.05, 4.69) is 10.2 Å². The molecule has 3 atom stereocenters. The normalized spacial score (nSPS) is 39.9. The predicted octanol–water partition coefficient (Wildman–Crippen LogP) is 2.50. The number of likely N-dealkylation sites (tertiary alicyclic amines) is 1. The Balaban J connectivity index is 1.48.